The predicted octanol–water partition coefficient (Wildman–Crippen LogP) is 4.21. The van der Waals surface area contributed by atoms with E-state index in [9.17, 15) is 0 Å². The van der Waals surface area contributed by atoms with Crippen LogP contribution in [-0.2, 0) is 4.74 Å². The number of rotatable bonds is 10. The molecule has 0 aliphatic heterocycles. The molecule has 0 unspecified atom stereocenters. The molecule has 0 aliphatic carbocycles. The summed E-state index contributed by atoms with van der Waals surface area (Å²) in [7, 11) is 0. The van der Waals surface area contributed by atoms with Crippen molar-refractivity contribution < 1.29 is 14.2 Å². The summed E-state index contributed by atoms with van der Waals surface area (Å²) in [4.78, 5) is 0. The quantitative estimate of drug-likeness (QED) is 0.663. The molecule has 1 N–H and O–H groups in total. The lowest BCUT2D eigenvalue weighted by molar-refractivity contribution is 0.110. The topological polar surface area (TPSA) is 39.7 Å². The van der Waals surface area contributed by atoms with Gasteiger partial charge in [-0.2, -0.15) is 0 Å². The minimum Gasteiger partial charge on any atom is -0.492 e. The molecule has 0 spiro atoms. The zero-order valence-electron chi connectivity index (χ0n) is 14.8. The minimum atomic E-state index is 0.547. The molecule has 0 radical (unpaired) electrons. The first-order valence-electron chi connectivity index (χ1n) is 8.44. The van der Waals surface area contributed by atoms with Gasteiger partial charge in [0.1, 0.15) is 24.7 Å². The van der Waals surface area contributed by atoms with Crippen molar-refractivity contribution in [2.24, 2.45) is 0 Å². The van der Waals surface area contributed by atoms with Gasteiger partial charge in [0.05, 0.1) is 12.3 Å². The molecule has 2 aromatic rings. The van der Waals surface area contributed by atoms with Gasteiger partial charge >= 0.3 is 0 Å². The van der Waals surface area contributed by atoms with Crippen LogP contribution in [0.5, 0.6) is 11.5 Å². The highest BCUT2D eigenvalue weighted by molar-refractivity contribution is 5.56. The molecule has 4 heteroatoms. The molecule has 0 atom stereocenters. The molecule has 130 valence electrons. The smallest absolute Gasteiger partial charge is 0.142 e. The molecule has 2 rings (SSSR count). The number of ether oxygens (including phenoxy) is 3. The highest BCUT2D eigenvalue weighted by Crippen LogP contribution is 2.23. The van der Waals surface area contributed by atoms with Crippen molar-refractivity contribution in [3.8, 4) is 11.5 Å². The fourth-order valence-electron chi connectivity index (χ4n) is 2.25. The Balaban J connectivity index is 1.78. The van der Waals surface area contributed by atoms with Crippen LogP contribution in [0.2, 0.25) is 0 Å². The number of nitrogens with one attached hydrogen (secondary N) is 1. The number of benzene rings is 2. The maximum atomic E-state index is 5.79. The number of hydrogen-bond donors (Lipinski definition) is 1. The van der Waals surface area contributed by atoms with Crippen LogP contribution < -0.4 is 14.8 Å². The van der Waals surface area contributed by atoms with E-state index in [1.807, 2.05) is 37.3 Å². The third-order valence-electron chi connectivity index (χ3n) is 3.74. The third kappa shape index (κ3) is 5.78. The van der Waals surface area contributed by atoms with Crippen molar-refractivity contribution in [2.75, 3.05) is 38.3 Å². The first kappa shape index (κ1) is 18.1. The Morgan fingerprint density at radius 2 is 1.71 bits per heavy atom. The van der Waals surface area contributed by atoms with Crippen molar-refractivity contribution in [3.05, 3.63) is 53.6 Å². The van der Waals surface area contributed by atoms with Crippen LogP contribution in [0.25, 0.3) is 0 Å². The molecule has 0 bridgehead atoms. The van der Waals surface area contributed by atoms with Crippen LogP contribution in [0.4, 0.5) is 5.69 Å². The lowest BCUT2D eigenvalue weighted by Gasteiger charge is -2.14. The largest absolute Gasteiger partial charge is 0.492 e. The van der Waals surface area contributed by atoms with Gasteiger partial charge in [0.15, 0.2) is 0 Å². The van der Waals surface area contributed by atoms with Crippen molar-refractivity contribution in [1.82, 2.24) is 0 Å². The van der Waals surface area contributed by atoms with Crippen molar-refractivity contribution in [2.45, 2.75) is 20.8 Å². The van der Waals surface area contributed by atoms with Gasteiger partial charge in [0.2, 0.25) is 0 Å². The van der Waals surface area contributed by atoms with Crippen molar-refractivity contribution in [3.63, 3.8) is 0 Å². The van der Waals surface area contributed by atoms with Crippen LogP contribution in [0.1, 0.15) is 18.1 Å². The average molecular weight is 329 g/mol. The molecular formula is C20H27NO3. The van der Waals surface area contributed by atoms with Crippen LogP contribution in [0, 0.1) is 13.8 Å². The Morgan fingerprint density at radius 1 is 0.875 bits per heavy atom. The lowest BCUT2D eigenvalue weighted by atomic mass is 10.1. The van der Waals surface area contributed by atoms with Gasteiger partial charge in [-0.3, -0.25) is 0 Å². The second-order valence-corrected chi connectivity index (χ2v) is 5.56. The second kappa shape index (κ2) is 9.83. The van der Waals surface area contributed by atoms with E-state index in [4.69, 9.17) is 14.2 Å². The molecule has 0 saturated carbocycles. The summed E-state index contributed by atoms with van der Waals surface area (Å²) in [5, 5.41) is 3.36. The van der Waals surface area contributed by atoms with E-state index in [0.717, 1.165) is 17.2 Å². The summed E-state index contributed by atoms with van der Waals surface area (Å²) < 4.78 is 16.8. The van der Waals surface area contributed by atoms with Crippen LogP contribution in [-0.4, -0.2) is 33.0 Å². The Bertz CT molecular complexity index is 628. The molecule has 0 fully saturated rings. The van der Waals surface area contributed by atoms with Gasteiger partial charge in [-0.1, -0.05) is 18.2 Å². The van der Waals surface area contributed by atoms with Crippen LogP contribution >= 0.6 is 0 Å². The molecule has 0 amide bonds. The van der Waals surface area contributed by atoms with E-state index in [-0.39, 0.29) is 0 Å². The van der Waals surface area contributed by atoms with Gasteiger partial charge in [0.25, 0.3) is 0 Å². The summed E-state index contributed by atoms with van der Waals surface area (Å²) in [5.74, 6) is 1.74. The van der Waals surface area contributed by atoms with E-state index in [1.165, 1.54) is 11.1 Å². The number of anilines is 1. The molecular weight excluding hydrogens is 302 g/mol. The van der Waals surface area contributed by atoms with Gasteiger partial charge in [-0.25, -0.2) is 0 Å². The van der Waals surface area contributed by atoms with E-state index in [2.05, 4.69) is 31.3 Å². The first-order valence-corrected chi connectivity index (χ1v) is 8.44. The normalized spacial score (nSPS) is 10.5. The molecule has 2 aromatic carbocycles. The molecule has 0 heterocycles. The fraction of sp³-hybridized carbons (Fsp3) is 0.400. The Labute approximate surface area is 144 Å². The maximum absolute atomic E-state index is 5.79. The van der Waals surface area contributed by atoms with E-state index >= 15 is 0 Å². The van der Waals surface area contributed by atoms with E-state index < -0.39 is 0 Å². The summed E-state index contributed by atoms with van der Waals surface area (Å²) in [5.41, 5.74) is 3.49. The predicted molar refractivity (Wildman–Crippen MR) is 98.3 cm³/mol. The number of para-hydroxylation sites is 2. The minimum absolute atomic E-state index is 0.547. The number of hydrogen-bond acceptors (Lipinski definition) is 4. The SMILES string of the molecule is CCOCCOc1ccccc1NCCOc1ccc(C)c(C)c1. The zero-order valence-corrected chi connectivity index (χ0v) is 14.8. The highest BCUT2D eigenvalue weighted by Gasteiger charge is 2.03. The van der Waals surface area contributed by atoms with E-state index in [0.29, 0.717) is 33.0 Å². The Kier molecular flexibility index (Phi) is 7.43. The summed E-state index contributed by atoms with van der Waals surface area (Å²) in [6.07, 6.45) is 0. The first-order chi connectivity index (χ1) is 11.7. The Morgan fingerprint density at radius 3 is 2.50 bits per heavy atom. The summed E-state index contributed by atoms with van der Waals surface area (Å²) in [6, 6.07) is 14.1. The Hall–Kier alpha value is -2.20. The van der Waals surface area contributed by atoms with Gasteiger partial charge < -0.3 is 19.5 Å². The monoisotopic (exact) mass is 329 g/mol. The molecule has 4 nitrogen and oxygen atoms in total. The highest BCUT2D eigenvalue weighted by atomic mass is 16.5. The molecule has 0 saturated heterocycles. The molecule has 0 aliphatic rings. The van der Waals surface area contributed by atoms with Gasteiger partial charge in [-0.15, -0.1) is 0 Å². The van der Waals surface area contributed by atoms with Gasteiger partial charge in [0, 0.05) is 13.2 Å². The fourth-order valence-corrected chi connectivity index (χ4v) is 2.25. The maximum Gasteiger partial charge on any atom is 0.142 e. The second-order valence-electron chi connectivity index (χ2n) is 5.56. The zero-order chi connectivity index (χ0) is 17.2. The van der Waals surface area contributed by atoms with Crippen molar-refractivity contribution >= 4 is 5.69 Å². The van der Waals surface area contributed by atoms with Crippen LogP contribution in [0.15, 0.2) is 42.5 Å². The summed E-state index contributed by atoms with van der Waals surface area (Å²) in [6.45, 7) is 9.32. The van der Waals surface area contributed by atoms with Crippen LogP contribution in [0.3, 0.4) is 0 Å². The summed E-state index contributed by atoms with van der Waals surface area (Å²) >= 11 is 0. The van der Waals surface area contributed by atoms with Gasteiger partial charge in [-0.05, 0) is 56.2 Å². The van der Waals surface area contributed by atoms with Crippen molar-refractivity contribution in [1.29, 1.82) is 0 Å². The standard InChI is InChI=1S/C20H27NO3/c1-4-22-13-14-24-20-8-6-5-7-19(20)21-11-12-23-18-10-9-16(2)17(3)15-18/h5-10,15,21H,4,11-14H2,1-3H3. The lowest BCUT2D eigenvalue weighted by Crippen LogP contribution is -2.13. The van der Waals surface area contributed by atoms with E-state index in [1.54, 1.807) is 0 Å². The molecule has 24 heavy (non-hydrogen) atoms. The third-order valence-corrected chi connectivity index (χ3v) is 3.74. The average Bonchev–Trinajstić information content (AvgIpc) is 2.59. The number of aryl methyl sites for hydroxylation is 2. The molecule has 0 aromatic heterocycles.